The van der Waals surface area contributed by atoms with Gasteiger partial charge in [-0.2, -0.15) is 0 Å². The van der Waals surface area contributed by atoms with E-state index in [2.05, 4.69) is 28.5 Å². The molecular weight excluding hydrogens is 406 g/mol. The van der Waals surface area contributed by atoms with Crippen LogP contribution in [0.2, 0.25) is 0 Å². The Morgan fingerprint density at radius 1 is 0.968 bits per heavy atom. The molecule has 1 aromatic heterocycles. The molecule has 1 atom stereocenters. The summed E-state index contributed by atoms with van der Waals surface area (Å²) >= 11 is 0. The minimum atomic E-state index is -1.31. The van der Waals surface area contributed by atoms with Gasteiger partial charge in [-0.3, -0.25) is 14.1 Å². The molecule has 0 aliphatic rings. The van der Waals surface area contributed by atoms with Crippen molar-refractivity contribution in [3.05, 3.63) is 102 Å². The van der Waals surface area contributed by atoms with Crippen molar-refractivity contribution in [3.63, 3.8) is 0 Å². The molecule has 156 valence electrons. The van der Waals surface area contributed by atoms with Crippen molar-refractivity contribution in [1.29, 1.82) is 0 Å². The Labute approximate surface area is 184 Å². The molecule has 0 radical (unpaired) electrons. The van der Waals surface area contributed by atoms with Gasteiger partial charge in [-0.1, -0.05) is 48.5 Å². The molecule has 0 saturated heterocycles. The maximum atomic E-state index is 13.0. The molecule has 1 heterocycles. The van der Waals surface area contributed by atoms with Crippen LogP contribution in [0.25, 0.3) is 10.8 Å². The third kappa shape index (κ3) is 4.49. The molecule has 0 saturated carbocycles. The van der Waals surface area contributed by atoms with Gasteiger partial charge in [0.15, 0.2) is 0 Å². The number of aryl methyl sites for hydroxylation is 1. The van der Waals surface area contributed by atoms with Gasteiger partial charge in [0, 0.05) is 30.8 Å². The summed E-state index contributed by atoms with van der Waals surface area (Å²) in [5.41, 5.74) is 3.92. The van der Waals surface area contributed by atoms with Crippen LogP contribution in [0.3, 0.4) is 0 Å². The lowest BCUT2D eigenvalue weighted by Gasteiger charge is -2.22. The maximum absolute atomic E-state index is 13.0. The number of aromatic nitrogens is 1. The highest BCUT2D eigenvalue weighted by Gasteiger charge is 2.17. The summed E-state index contributed by atoms with van der Waals surface area (Å²) in [6.07, 6.45) is 4.92. The van der Waals surface area contributed by atoms with Gasteiger partial charge in [0.1, 0.15) is 11.0 Å². The first-order chi connectivity index (χ1) is 15.0. The third-order valence-electron chi connectivity index (χ3n) is 5.17. The summed E-state index contributed by atoms with van der Waals surface area (Å²) in [6, 6.07) is 23.3. The van der Waals surface area contributed by atoms with Crippen LogP contribution in [0.1, 0.15) is 21.5 Å². The molecule has 3 aromatic carbocycles. The Bertz CT molecular complexity index is 1250. The van der Waals surface area contributed by atoms with Gasteiger partial charge in [0.2, 0.25) is 0 Å². The van der Waals surface area contributed by atoms with E-state index in [1.165, 1.54) is 0 Å². The molecule has 0 spiro atoms. The fourth-order valence-electron chi connectivity index (χ4n) is 3.62. The molecule has 0 bridgehead atoms. The zero-order valence-corrected chi connectivity index (χ0v) is 18.2. The lowest BCUT2D eigenvalue weighted by atomic mass is 10.0. The first kappa shape index (κ1) is 20.8. The van der Waals surface area contributed by atoms with E-state index in [1.54, 1.807) is 41.2 Å². The van der Waals surface area contributed by atoms with Crippen LogP contribution in [-0.2, 0) is 17.5 Å². The Hall–Kier alpha value is -3.51. The number of anilines is 2. The standard InChI is InChI=1S/C25H23N3O2S/c1-18-10-11-22(28(31(2)30)21-12-14-26-15-13-21)16-24(18)25(29)27-17-20-8-5-7-19-6-3-4-9-23(19)20/h3-16H,17H2,1-2H3,(H,27,29). The van der Waals surface area contributed by atoms with E-state index in [1.807, 2.05) is 43.3 Å². The average Bonchev–Trinajstić information content (AvgIpc) is 2.79. The smallest absolute Gasteiger partial charge is 0.251 e. The maximum Gasteiger partial charge on any atom is 0.251 e. The normalized spacial score (nSPS) is 11.8. The molecule has 0 aliphatic heterocycles. The van der Waals surface area contributed by atoms with Crippen LogP contribution in [0, 0.1) is 6.92 Å². The zero-order valence-electron chi connectivity index (χ0n) is 17.4. The number of nitrogens with one attached hydrogen (secondary N) is 1. The minimum absolute atomic E-state index is 0.163. The summed E-state index contributed by atoms with van der Waals surface area (Å²) < 4.78 is 14.1. The van der Waals surface area contributed by atoms with Gasteiger partial charge in [-0.15, -0.1) is 0 Å². The van der Waals surface area contributed by atoms with E-state index in [9.17, 15) is 9.00 Å². The summed E-state index contributed by atoms with van der Waals surface area (Å²) in [5, 5.41) is 5.31. The van der Waals surface area contributed by atoms with Gasteiger partial charge in [-0.25, -0.2) is 4.21 Å². The number of carbonyl (C=O) groups excluding carboxylic acids is 1. The highest BCUT2D eigenvalue weighted by Crippen LogP contribution is 2.28. The van der Waals surface area contributed by atoms with Crippen molar-refractivity contribution in [1.82, 2.24) is 10.3 Å². The topological polar surface area (TPSA) is 62.3 Å². The van der Waals surface area contributed by atoms with Crippen LogP contribution < -0.4 is 9.62 Å². The summed E-state index contributed by atoms with van der Waals surface area (Å²) in [5.74, 6) is -0.163. The number of nitrogens with zero attached hydrogens (tertiary/aromatic N) is 2. The van der Waals surface area contributed by atoms with E-state index < -0.39 is 11.0 Å². The SMILES string of the molecule is Cc1ccc(N(c2ccncc2)S(C)=O)cc1C(=O)NCc1cccc2ccccc12. The number of hydrogen-bond acceptors (Lipinski definition) is 3. The quantitative estimate of drug-likeness (QED) is 0.474. The van der Waals surface area contributed by atoms with Gasteiger partial charge >= 0.3 is 0 Å². The number of carbonyl (C=O) groups is 1. The number of fused-ring (bicyclic) bond motifs is 1. The Morgan fingerprint density at radius 3 is 2.48 bits per heavy atom. The fourth-order valence-corrected chi connectivity index (χ4v) is 4.45. The number of amides is 1. The first-order valence-electron chi connectivity index (χ1n) is 9.94. The van der Waals surface area contributed by atoms with E-state index in [-0.39, 0.29) is 5.91 Å². The summed E-state index contributed by atoms with van der Waals surface area (Å²) in [7, 11) is -1.31. The Balaban J connectivity index is 1.60. The van der Waals surface area contributed by atoms with Gasteiger partial charge in [0.05, 0.1) is 11.4 Å². The van der Waals surface area contributed by atoms with Crippen molar-refractivity contribution in [2.24, 2.45) is 0 Å². The van der Waals surface area contributed by atoms with Crippen molar-refractivity contribution in [2.75, 3.05) is 10.6 Å². The van der Waals surface area contributed by atoms with E-state index in [0.717, 1.165) is 27.6 Å². The number of pyridine rings is 1. The van der Waals surface area contributed by atoms with Crippen molar-refractivity contribution < 1.29 is 9.00 Å². The molecule has 1 amide bonds. The number of benzene rings is 3. The fraction of sp³-hybridized carbons (Fsp3) is 0.120. The second-order valence-corrected chi connectivity index (χ2v) is 8.46. The van der Waals surface area contributed by atoms with E-state index in [0.29, 0.717) is 17.8 Å². The average molecular weight is 430 g/mol. The van der Waals surface area contributed by atoms with Gasteiger partial charge < -0.3 is 5.32 Å². The summed E-state index contributed by atoms with van der Waals surface area (Å²) in [6.45, 7) is 2.33. The van der Waals surface area contributed by atoms with Gasteiger partial charge in [0.25, 0.3) is 5.91 Å². The second kappa shape index (κ2) is 9.10. The van der Waals surface area contributed by atoms with Crippen LogP contribution in [-0.4, -0.2) is 21.4 Å². The predicted molar refractivity (Wildman–Crippen MR) is 127 cm³/mol. The molecule has 0 aliphatic carbocycles. The van der Waals surface area contributed by atoms with E-state index >= 15 is 0 Å². The monoisotopic (exact) mass is 429 g/mol. The van der Waals surface area contributed by atoms with Crippen molar-refractivity contribution in [3.8, 4) is 0 Å². The van der Waals surface area contributed by atoms with Gasteiger partial charge in [-0.05, 0) is 53.1 Å². The van der Waals surface area contributed by atoms with Crippen LogP contribution in [0.4, 0.5) is 11.4 Å². The molecule has 5 nitrogen and oxygen atoms in total. The minimum Gasteiger partial charge on any atom is -0.348 e. The first-order valence-corrected chi connectivity index (χ1v) is 11.5. The highest BCUT2D eigenvalue weighted by atomic mass is 32.2. The molecular formula is C25H23N3O2S. The second-order valence-electron chi connectivity index (χ2n) is 7.24. The molecule has 4 rings (SSSR count). The third-order valence-corrected chi connectivity index (χ3v) is 6.11. The molecule has 1 N–H and O–H groups in total. The predicted octanol–water partition coefficient (Wildman–Crippen LogP) is 4.90. The van der Waals surface area contributed by atoms with Crippen molar-refractivity contribution >= 4 is 39.0 Å². The van der Waals surface area contributed by atoms with Crippen LogP contribution >= 0.6 is 0 Å². The van der Waals surface area contributed by atoms with E-state index in [4.69, 9.17) is 0 Å². The molecule has 0 fully saturated rings. The molecule has 4 aromatic rings. The number of rotatable bonds is 6. The Kier molecular flexibility index (Phi) is 6.09. The lowest BCUT2D eigenvalue weighted by molar-refractivity contribution is 0.0950. The lowest BCUT2D eigenvalue weighted by Crippen LogP contribution is -2.25. The molecule has 6 heteroatoms. The zero-order chi connectivity index (χ0) is 21.8. The van der Waals surface area contributed by atoms with Crippen LogP contribution in [0.15, 0.2) is 85.2 Å². The van der Waals surface area contributed by atoms with Crippen LogP contribution in [0.5, 0.6) is 0 Å². The molecule has 1 unspecified atom stereocenters. The summed E-state index contributed by atoms with van der Waals surface area (Å²) in [4.78, 5) is 17.1. The largest absolute Gasteiger partial charge is 0.348 e. The van der Waals surface area contributed by atoms with Crippen molar-refractivity contribution in [2.45, 2.75) is 13.5 Å². The number of hydrogen-bond donors (Lipinski definition) is 1. The highest BCUT2D eigenvalue weighted by molar-refractivity contribution is 7.86. The Morgan fingerprint density at radius 2 is 1.71 bits per heavy atom. The molecule has 31 heavy (non-hydrogen) atoms.